The lowest BCUT2D eigenvalue weighted by Crippen LogP contribution is -2.38. The van der Waals surface area contributed by atoms with E-state index < -0.39 is 22.9 Å². The lowest BCUT2D eigenvalue weighted by Gasteiger charge is -2.20. The molecule has 0 aliphatic heterocycles. The van der Waals surface area contributed by atoms with Crippen LogP contribution in [0.3, 0.4) is 0 Å². The van der Waals surface area contributed by atoms with Gasteiger partial charge in [0, 0.05) is 16.9 Å². The maximum atomic E-state index is 12.6. The van der Waals surface area contributed by atoms with Crippen LogP contribution in [0.25, 0.3) is 0 Å². The highest BCUT2D eigenvalue weighted by molar-refractivity contribution is 5.97. The SMILES string of the molecule is CCOC(=O)[C@H]([C@H](CC(=O)c1ccccc1)c1ccc(C)cc1)[N+](=O)[O-]. The Kier molecular flexibility index (Phi) is 6.60. The molecular weight excluding hydrogens is 334 g/mol. The molecule has 0 bridgehead atoms. The summed E-state index contributed by atoms with van der Waals surface area (Å²) in [5.41, 5.74) is 2.00. The first-order valence-corrected chi connectivity index (χ1v) is 8.39. The first-order chi connectivity index (χ1) is 12.4. The van der Waals surface area contributed by atoms with Crippen LogP contribution in [0.5, 0.6) is 0 Å². The minimum absolute atomic E-state index is 0.0381. The van der Waals surface area contributed by atoms with Gasteiger partial charge in [-0.05, 0) is 19.4 Å². The third-order valence-corrected chi connectivity index (χ3v) is 4.14. The monoisotopic (exact) mass is 355 g/mol. The minimum atomic E-state index is -1.63. The Bertz CT molecular complexity index is 771. The van der Waals surface area contributed by atoms with Gasteiger partial charge in [0.2, 0.25) is 0 Å². The molecule has 0 aliphatic carbocycles. The quantitative estimate of drug-likeness (QED) is 0.313. The predicted molar refractivity (Wildman–Crippen MR) is 96.7 cm³/mol. The third-order valence-electron chi connectivity index (χ3n) is 4.14. The minimum Gasteiger partial charge on any atom is -0.461 e. The molecule has 0 aromatic heterocycles. The molecular formula is C20H21NO5. The number of aryl methyl sites for hydroxylation is 1. The predicted octanol–water partition coefficient (Wildman–Crippen LogP) is 3.56. The number of hydrogen-bond acceptors (Lipinski definition) is 5. The summed E-state index contributed by atoms with van der Waals surface area (Å²) in [7, 11) is 0. The summed E-state index contributed by atoms with van der Waals surface area (Å²) in [6.45, 7) is 3.52. The van der Waals surface area contributed by atoms with Gasteiger partial charge in [0.25, 0.3) is 0 Å². The zero-order valence-corrected chi connectivity index (χ0v) is 14.8. The molecule has 26 heavy (non-hydrogen) atoms. The summed E-state index contributed by atoms with van der Waals surface area (Å²) in [6.07, 6.45) is -0.155. The average Bonchev–Trinajstić information content (AvgIpc) is 2.62. The van der Waals surface area contributed by atoms with Gasteiger partial charge in [-0.1, -0.05) is 60.2 Å². The first-order valence-electron chi connectivity index (χ1n) is 8.39. The van der Waals surface area contributed by atoms with Gasteiger partial charge in [-0.25, -0.2) is 4.79 Å². The van der Waals surface area contributed by atoms with Crippen molar-refractivity contribution >= 4 is 11.8 Å². The second-order valence-corrected chi connectivity index (χ2v) is 5.99. The molecule has 6 nitrogen and oxygen atoms in total. The molecule has 0 heterocycles. The molecule has 2 atom stereocenters. The van der Waals surface area contributed by atoms with E-state index in [1.165, 1.54) is 0 Å². The lowest BCUT2D eigenvalue weighted by molar-refractivity contribution is -0.514. The molecule has 0 unspecified atom stereocenters. The van der Waals surface area contributed by atoms with Gasteiger partial charge in [-0.2, -0.15) is 0 Å². The zero-order valence-electron chi connectivity index (χ0n) is 14.8. The Balaban J connectivity index is 2.40. The van der Waals surface area contributed by atoms with Crippen LogP contribution in [0.2, 0.25) is 0 Å². The number of benzene rings is 2. The number of nitrogens with zero attached hydrogens (tertiary/aromatic N) is 1. The fraction of sp³-hybridized carbons (Fsp3) is 0.300. The van der Waals surface area contributed by atoms with Crippen LogP contribution in [-0.4, -0.2) is 29.3 Å². The van der Waals surface area contributed by atoms with Gasteiger partial charge >= 0.3 is 12.0 Å². The van der Waals surface area contributed by atoms with E-state index in [-0.39, 0.29) is 18.8 Å². The number of esters is 1. The summed E-state index contributed by atoms with van der Waals surface area (Å²) in [5, 5.41) is 11.6. The number of ketones is 1. The highest BCUT2D eigenvalue weighted by Gasteiger charge is 2.42. The average molecular weight is 355 g/mol. The Labute approximate surface area is 151 Å². The van der Waals surface area contributed by atoms with Gasteiger partial charge in [0.1, 0.15) is 0 Å². The molecule has 0 radical (unpaired) electrons. The van der Waals surface area contributed by atoms with Gasteiger partial charge in [-0.15, -0.1) is 0 Å². The van der Waals surface area contributed by atoms with Crippen molar-refractivity contribution in [3.05, 3.63) is 81.4 Å². The molecule has 2 aromatic rings. The molecule has 0 saturated carbocycles. The van der Waals surface area contributed by atoms with Crippen LogP contribution in [0, 0.1) is 17.0 Å². The fourth-order valence-corrected chi connectivity index (χ4v) is 2.79. The van der Waals surface area contributed by atoms with Crippen molar-refractivity contribution < 1.29 is 19.2 Å². The van der Waals surface area contributed by atoms with E-state index in [0.717, 1.165) is 5.56 Å². The van der Waals surface area contributed by atoms with Crippen LogP contribution in [-0.2, 0) is 9.53 Å². The summed E-state index contributed by atoms with van der Waals surface area (Å²) < 4.78 is 4.89. The van der Waals surface area contributed by atoms with Gasteiger partial charge in [-0.3, -0.25) is 14.9 Å². The molecule has 2 aromatic carbocycles. The Morgan fingerprint density at radius 1 is 1.08 bits per heavy atom. The van der Waals surface area contributed by atoms with E-state index in [9.17, 15) is 19.7 Å². The van der Waals surface area contributed by atoms with Crippen molar-refractivity contribution in [2.24, 2.45) is 0 Å². The molecule has 0 amide bonds. The number of ether oxygens (including phenoxy) is 1. The van der Waals surface area contributed by atoms with Crippen molar-refractivity contribution in [1.82, 2.24) is 0 Å². The molecule has 0 N–H and O–H groups in total. The largest absolute Gasteiger partial charge is 0.461 e. The van der Waals surface area contributed by atoms with Crippen LogP contribution in [0.1, 0.15) is 40.7 Å². The fourth-order valence-electron chi connectivity index (χ4n) is 2.79. The zero-order chi connectivity index (χ0) is 19.1. The second kappa shape index (κ2) is 8.89. The summed E-state index contributed by atoms with van der Waals surface area (Å²) in [6, 6.07) is 13.9. The van der Waals surface area contributed by atoms with E-state index in [0.29, 0.717) is 11.1 Å². The van der Waals surface area contributed by atoms with Crippen molar-refractivity contribution in [3.63, 3.8) is 0 Å². The number of hydrogen-bond donors (Lipinski definition) is 0. The normalized spacial score (nSPS) is 12.8. The van der Waals surface area contributed by atoms with Crippen molar-refractivity contribution in [2.75, 3.05) is 6.61 Å². The van der Waals surface area contributed by atoms with E-state index in [1.54, 1.807) is 61.5 Å². The summed E-state index contributed by atoms with van der Waals surface area (Å²) >= 11 is 0. The lowest BCUT2D eigenvalue weighted by atomic mass is 9.85. The first kappa shape index (κ1) is 19.3. The van der Waals surface area contributed by atoms with E-state index >= 15 is 0 Å². The number of carbonyl (C=O) groups excluding carboxylic acids is 2. The Hall–Kier alpha value is -3.02. The maximum absolute atomic E-state index is 12.6. The van der Waals surface area contributed by atoms with Crippen LogP contribution < -0.4 is 0 Å². The maximum Gasteiger partial charge on any atom is 0.382 e. The van der Waals surface area contributed by atoms with Gasteiger partial charge in [0.05, 0.1) is 12.5 Å². The van der Waals surface area contributed by atoms with E-state index in [4.69, 9.17) is 4.74 Å². The topological polar surface area (TPSA) is 86.5 Å². The summed E-state index contributed by atoms with van der Waals surface area (Å²) in [4.78, 5) is 35.8. The molecule has 0 saturated heterocycles. The third kappa shape index (κ3) is 4.75. The Morgan fingerprint density at radius 2 is 1.69 bits per heavy atom. The second-order valence-electron chi connectivity index (χ2n) is 5.99. The van der Waals surface area contributed by atoms with Crippen LogP contribution in [0.4, 0.5) is 0 Å². The van der Waals surface area contributed by atoms with Crippen molar-refractivity contribution in [1.29, 1.82) is 0 Å². The highest BCUT2D eigenvalue weighted by Crippen LogP contribution is 2.28. The van der Waals surface area contributed by atoms with Crippen LogP contribution >= 0.6 is 0 Å². The standard InChI is InChI=1S/C20H21NO5/c1-3-26-20(23)19(21(24)25)17(15-11-9-14(2)10-12-15)13-18(22)16-7-5-4-6-8-16/h4-12,17,19H,3,13H2,1-2H3/t17-,19+/m1/s1. The summed E-state index contributed by atoms with van der Waals surface area (Å²) in [5.74, 6) is -2.09. The van der Waals surface area contributed by atoms with Crippen molar-refractivity contribution in [3.8, 4) is 0 Å². The number of nitro groups is 1. The molecule has 0 aliphatic rings. The Morgan fingerprint density at radius 3 is 2.23 bits per heavy atom. The molecule has 6 heteroatoms. The molecule has 136 valence electrons. The van der Waals surface area contributed by atoms with Crippen molar-refractivity contribution in [2.45, 2.75) is 32.2 Å². The molecule has 0 fully saturated rings. The van der Waals surface area contributed by atoms with Crippen LogP contribution in [0.15, 0.2) is 54.6 Å². The number of carbonyl (C=O) groups is 2. The van der Waals surface area contributed by atoms with Gasteiger partial charge < -0.3 is 4.74 Å². The molecule has 2 rings (SSSR count). The number of Topliss-reactive ketones (excluding diaryl/α,β-unsaturated/α-hetero) is 1. The smallest absolute Gasteiger partial charge is 0.382 e. The highest BCUT2D eigenvalue weighted by atomic mass is 16.6. The molecule has 0 spiro atoms. The number of rotatable bonds is 8. The van der Waals surface area contributed by atoms with E-state index in [1.807, 2.05) is 6.92 Å². The van der Waals surface area contributed by atoms with E-state index in [2.05, 4.69) is 0 Å². The van der Waals surface area contributed by atoms with Gasteiger partial charge in [0.15, 0.2) is 5.78 Å².